The highest BCUT2D eigenvalue weighted by Gasteiger charge is 2.34. The zero-order valence-corrected chi connectivity index (χ0v) is 12.6. The van der Waals surface area contributed by atoms with E-state index in [1.807, 2.05) is 0 Å². The first-order chi connectivity index (χ1) is 8.92. The van der Waals surface area contributed by atoms with E-state index in [-0.39, 0.29) is 5.97 Å². The van der Waals surface area contributed by atoms with Crippen molar-refractivity contribution in [3.63, 3.8) is 0 Å². The van der Waals surface area contributed by atoms with E-state index in [1.165, 1.54) is 12.6 Å². The van der Waals surface area contributed by atoms with Crippen molar-refractivity contribution in [3.8, 4) is 0 Å². The van der Waals surface area contributed by atoms with Crippen molar-refractivity contribution in [2.45, 2.75) is 40.5 Å². The van der Waals surface area contributed by atoms with Crippen LogP contribution in [-0.4, -0.2) is 12.6 Å². The van der Waals surface area contributed by atoms with E-state index in [0.717, 1.165) is 12.0 Å². The maximum absolute atomic E-state index is 11.9. The van der Waals surface area contributed by atoms with Gasteiger partial charge in [-0.25, -0.2) is 4.79 Å². The van der Waals surface area contributed by atoms with Gasteiger partial charge in [-0.05, 0) is 49.0 Å². The Morgan fingerprint density at radius 3 is 2.53 bits per heavy atom. The van der Waals surface area contributed by atoms with E-state index in [2.05, 4.69) is 27.4 Å². The number of rotatable bonds is 4. The van der Waals surface area contributed by atoms with Crippen LogP contribution >= 0.6 is 0 Å². The first-order valence-electron chi connectivity index (χ1n) is 7.20. The molecule has 0 amide bonds. The molecular formula is C16H27NO2. The Bertz CT molecular complexity index is 373. The smallest absolute Gasteiger partial charge is 0.339 e. The lowest BCUT2D eigenvalue weighted by Gasteiger charge is -2.39. The molecule has 108 valence electrons. The van der Waals surface area contributed by atoms with Crippen LogP contribution in [0.25, 0.3) is 0 Å². The lowest BCUT2D eigenvalue weighted by atomic mass is 9.66. The van der Waals surface area contributed by atoms with Crippen molar-refractivity contribution in [2.24, 2.45) is 29.4 Å². The molecule has 1 rings (SSSR count). The topological polar surface area (TPSA) is 52.3 Å². The summed E-state index contributed by atoms with van der Waals surface area (Å²) in [6.07, 6.45) is 3.66. The molecule has 0 aromatic heterocycles. The van der Waals surface area contributed by atoms with Gasteiger partial charge in [-0.2, -0.15) is 0 Å². The van der Waals surface area contributed by atoms with Gasteiger partial charge in [-0.3, -0.25) is 0 Å². The van der Waals surface area contributed by atoms with Crippen LogP contribution in [0.2, 0.25) is 0 Å². The van der Waals surface area contributed by atoms with E-state index in [4.69, 9.17) is 10.5 Å². The second-order valence-corrected chi connectivity index (χ2v) is 5.85. The summed E-state index contributed by atoms with van der Waals surface area (Å²) < 4.78 is 5.05. The predicted molar refractivity (Wildman–Crippen MR) is 78.3 cm³/mol. The second-order valence-electron chi connectivity index (χ2n) is 5.85. The number of ether oxygens (including phenoxy) is 1. The molecule has 0 aromatic carbocycles. The zero-order valence-electron chi connectivity index (χ0n) is 12.6. The van der Waals surface area contributed by atoms with Gasteiger partial charge in [0.1, 0.15) is 0 Å². The van der Waals surface area contributed by atoms with Gasteiger partial charge in [0, 0.05) is 6.20 Å². The number of hydrogen-bond acceptors (Lipinski definition) is 3. The number of hydrogen-bond donors (Lipinski definition) is 1. The van der Waals surface area contributed by atoms with E-state index in [1.54, 1.807) is 6.92 Å². The predicted octanol–water partition coefficient (Wildman–Crippen LogP) is 3.27. The summed E-state index contributed by atoms with van der Waals surface area (Å²) >= 11 is 0. The molecule has 1 saturated carbocycles. The number of carbonyl (C=O) groups excluding carboxylic acids is 1. The van der Waals surface area contributed by atoms with Crippen LogP contribution in [0.5, 0.6) is 0 Å². The molecule has 0 bridgehead atoms. The first-order valence-corrected chi connectivity index (χ1v) is 7.20. The normalized spacial score (nSPS) is 31.9. The minimum absolute atomic E-state index is 0.318. The van der Waals surface area contributed by atoms with E-state index < -0.39 is 0 Å². The Kier molecular flexibility index (Phi) is 5.64. The van der Waals surface area contributed by atoms with Gasteiger partial charge < -0.3 is 10.5 Å². The molecule has 2 N–H and O–H groups in total. The van der Waals surface area contributed by atoms with Crippen molar-refractivity contribution in [1.82, 2.24) is 0 Å². The largest absolute Gasteiger partial charge is 0.462 e. The standard InChI is InChI=1S/C16H27NO2/c1-6-19-16(18)15(9-17)13(5)14-8-10(2)7-11(3)12(14)4/h9-12,14H,5-8,17H2,1-4H3/b15-9-. The third-order valence-electron chi connectivity index (χ3n) is 4.42. The Morgan fingerprint density at radius 2 is 2.00 bits per heavy atom. The fraction of sp³-hybridized carbons (Fsp3) is 0.688. The molecule has 3 nitrogen and oxygen atoms in total. The molecule has 0 saturated heterocycles. The summed E-state index contributed by atoms with van der Waals surface area (Å²) in [5, 5.41) is 0. The summed E-state index contributed by atoms with van der Waals surface area (Å²) in [5.41, 5.74) is 6.89. The Balaban J connectivity index is 2.88. The number of carbonyl (C=O) groups is 1. The lowest BCUT2D eigenvalue weighted by Crippen LogP contribution is -2.31. The summed E-state index contributed by atoms with van der Waals surface area (Å²) in [6, 6.07) is 0. The highest BCUT2D eigenvalue weighted by Crippen LogP contribution is 2.42. The molecule has 0 aromatic rings. The molecule has 1 aliphatic carbocycles. The number of nitrogens with two attached hydrogens (primary N) is 1. The average Bonchev–Trinajstić information content (AvgIpc) is 2.34. The molecule has 3 heteroatoms. The molecule has 1 fully saturated rings. The van der Waals surface area contributed by atoms with Crippen molar-refractivity contribution < 1.29 is 9.53 Å². The van der Waals surface area contributed by atoms with Gasteiger partial charge in [0.2, 0.25) is 0 Å². The van der Waals surface area contributed by atoms with Crippen LogP contribution in [-0.2, 0) is 9.53 Å². The van der Waals surface area contributed by atoms with Gasteiger partial charge >= 0.3 is 5.97 Å². The quantitative estimate of drug-likeness (QED) is 0.482. The summed E-state index contributed by atoms with van der Waals surface area (Å²) in [6.45, 7) is 13.1. The second kappa shape index (κ2) is 6.78. The highest BCUT2D eigenvalue weighted by atomic mass is 16.5. The number of esters is 1. The van der Waals surface area contributed by atoms with E-state index in [0.29, 0.717) is 35.9 Å². The van der Waals surface area contributed by atoms with Gasteiger partial charge in [0.25, 0.3) is 0 Å². The lowest BCUT2D eigenvalue weighted by molar-refractivity contribution is -0.138. The van der Waals surface area contributed by atoms with Crippen LogP contribution in [0.1, 0.15) is 40.5 Å². The third kappa shape index (κ3) is 3.62. The Labute approximate surface area is 116 Å². The van der Waals surface area contributed by atoms with Crippen molar-refractivity contribution in [2.75, 3.05) is 6.61 Å². The van der Waals surface area contributed by atoms with E-state index >= 15 is 0 Å². The van der Waals surface area contributed by atoms with Gasteiger partial charge in [-0.1, -0.05) is 27.4 Å². The SMILES string of the molecule is C=C(/C(=C/N)C(=O)OCC)C1CC(C)CC(C)C1C. The molecule has 0 spiro atoms. The third-order valence-corrected chi connectivity index (χ3v) is 4.42. The maximum Gasteiger partial charge on any atom is 0.339 e. The van der Waals surface area contributed by atoms with Crippen LogP contribution in [0.3, 0.4) is 0 Å². The molecule has 1 aliphatic rings. The van der Waals surface area contributed by atoms with Crippen LogP contribution in [0.4, 0.5) is 0 Å². The van der Waals surface area contributed by atoms with Gasteiger partial charge in [0.15, 0.2) is 0 Å². The molecule has 19 heavy (non-hydrogen) atoms. The zero-order chi connectivity index (χ0) is 14.6. The summed E-state index contributed by atoms with van der Waals surface area (Å²) in [4.78, 5) is 11.9. The molecule has 0 radical (unpaired) electrons. The molecule has 4 atom stereocenters. The highest BCUT2D eigenvalue weighted by molar-refractivity contribution is 5.93. The van der Waals surface area contributed by atoms with Crippen LogP contribution in [0, 0.1) is 23.7 Å². The average molecular weight is 265 g/mol. The molecule has 0 aliphatic heterocycles. The van der Waals surface area contributed by atoms with Gasteiger partial charge in [0.05, 0.1) is 12.2 Å². The first kappa shape index (κ1) is 15.8. The molecule has 4 unspecified atom stereocenters. The minimum atomic E-state index is -0.354. The molecule has 0 heterocycles. The van der Waals surface area contributed by atoms with Crippen molar-refractivity contribution in [3.05, 3.63) is 23.9 Å². The van der Waals surface area contributed by atoms with Gasteiger partial charge in [-0.15, -0.1) is 0 Å². The van der Waals surface area contributed by atoms with Crippen molar-refractivity contribution in [1.29, 1.82) is 0 Å². The Hall–Kier alpha value is -1.25. The Morgan fingerprint density at radius 1 is 1.37 bits per heavy atom. The summed E-state index contributed by atoms with van der Waals surface area (Å²) in [5.74, 6) is 1.79. The van der Waals surface area contributed by atoms with Crippen LogP contribution < -0.4 is 5.73 Å². The fourth-order valence-corrected chi connectivity index (χ4v) is 3.16. The monoisotopic (exact) mass is 265 g/mol. The fourth-order valence-electron chi connectivity index (χ4n) is 3.16. The minimum Gasteiger partial charge on any atom is -0.462 e. The van der Waals surface area contributed by atoms with Crippen LogP contribution in [0.15, 0.2) is 23.9 Å². The summed E-state index contributed by atoms with van der Waals surface area (Å²) in [7, 11) is 0. The van der Waals surface area contributed by atoms with E-state index in [9.17, 15) is 4.79 Å². The molecular weight excluding hydrogens is 238 g/mol. The van der Waals surface area contributed by atoms with Crippen molar-refractivity contribution >= 4 is 5.97 Å². The maximum atomic E-state index is 11.9.